The lowest BCUT2D eigenvalue weighted by Crippen LogP contribution is -2.32. The molecular weight excluding hydrogens is 270 g/mol. The number of ether oxygens (including phenoxy) is 3. The quantitative estimate of drug-likeness (QED) is 0.490. The third-order valence-electron chi connectivity index (χ3n) is 3.09. The van der Waals surface area contributed by atoms with Gasteiger partial charge in [-0.05, 0) is 26.2 Å². The molecule has 0 saturated heterocycles. The molecule has 1 aliphatic rings. The molecular formula is C16H27NO4. The van der Waals surface area contributed by atoms with Crippen molar-refractivity contribution < 1.29 is 19.0 Å². The molecule has 0 aromatic carbocycles. The number of nitrogens with one attached hydrogen (secondary N) is 1. The summed E-state index contributed by atoms with van der Waals surface area (Å²) in [6.07, 6.45) is 5.24. The van der Waals surface area contributed by atoms with Crippen LogP contribution in [0.1, 0.15) is 39.0 Å². The van der Waals surface area contributed by atoms with E-state index < -0.39 is 0 Å². The van der Waals surface area contributed by atoms with E-state index in [-0.39, 0.29) is 18.6 Å². The Morgan fingerprint density at radius 1 is 1.19 bits per heavy atom. The molecule has 0 spiro atoms. The van der Waals surface area contributed by atoms with E-state index in [1.54, 1.807) is 0 Å². The van der Waals surface area contributed by atoms with Gasteiger partial charge in [0.15, 0.2) is 0 Å². The fraction of sp³-hybridized carbons (Fsp3) is 0.812. The predicted octanol–water partition coefficient (Wildman–Crippen LogP) is 1.51. The summed E-state index contributed by atoms with van der Waals surface area (Å²) in [5, 5.41) is 2.76. The Labute approximate surface area is 127 Å². The third kappa shape index (κ3) is 10.3. The van der Waals surface area contributed by atoms with Crippen molar-refractivity contribution in [1.29, 1.82) is 0 Å². The van der Waals surface area contributed by atoms with E-state index in [2.05, 4.69) is 17.2 Å². The summed E-state index contributed by atoms with van der Waals surface area (Å²) < 4.78 is 16.0. The highest BCUT2D eigenvalue weighted by Gasteiger charge is 2.09. The summed E-state index contributed by atoms with van der Waals surface area (Å²) in [5.41, 5.74) is 0. The second-order valence-electron chi connectivity index (χ2n) is 4.88. The van der Waals surface area contributed by atoms with Crippen molar-refractivity contribution in [3.05, 3.63) is 0 Å². The van der Waals surface area contributed by atoms with Gasteiger partial charge in [0, 0.05) is 19.6 Å². The first-order valence-corrected chi connectivity index (χ1v) is 7.85. The van der Waals surface area contributed by atoms with Gasteiger partial charge in [-0.15, -0.1) is 5.92 Å². The van der Waals surface area contributed by atoms with Crippen LogP contribution in [0.5, 0.6) is 0 Å². The van der Waals surface area contributed by atoms with Gasteiger partial charge < -0.3 is 19.5 Å². The van der Waals surface area contributed by atoms with E-state index in [1.807, 2.05) is 6.92 Å². The minimum absolute atomic E-state index is 0.0678. The van der Waals surface area contributed by atoms with E-state index in [1.165, 1.54) is 12.8 Å². The van der Waals surface area contributed by atoms with Crippen molar-refractivity contribution in [2.75, 3.05) is 39.6 Å². The summed E-state index contributed by atoms with van der Waals surface area (Å²) in [6.45, 7) is 4.83. The molecule has 0 aliphatic heterocycles. The third-order valence-corrected chi connectivity index (χ3v) is 3.09. The zero-order valence-corrected chi connectivity index (χ0v) is 13.0. The molecule has 0 fully saturated rings. The number of hydrogen-bond donors (Lipinski definition) is 1. The number of carbonyl (C=O) groups is 1. The molecule has 1 unspecified atom stereocenters. The minimum Gasteiger partial charge on any atom is -0.379 e. The fourth-order valence-corrected chi connectivity index (χ4v) is 1.96. The first-order valence-electron chi connectivity index (χ1n) is 7.85. The van der Waals surface area contributed by atoms with E-state index in [9.17, 15) is 4.79 Å². The summed E-state index contributed by atoms with van der Waals surface area (Å²) >= 11 is 0. The Kier molecular flexibility index (Phi) is 10.8. The van der Waals surface area contributed by atoms with Crippen LogP contribution >= 0.6 is 0 Å². The highest BCUT2D eigenvalue weighted by Crippen LogP contribution is 2.10. The predicted molar refractivity (Wildman–Crippen MR) is 80.9 cm³/mol. The normalized spacial score (nSPS) is 18.2. The maximum Gasteiger partial charge on any atom is 0.246 e. The van der Waals surface area contributed by atoms with Crippen molar-refractivity contribution >= 4 is 5.91 Å². The van der Waals surface area contributed by atoms with E-state index in [0.717, 1.165) is 19.3 Å². The van der Waals surface area contributed by atoms with Crippen molar-refractivity contribution in [1.82, 2.24) is 5.32 Å². The fourth-order valence-electron chi connectivity index (χ4n) is 1.96. The maximum absolute atomic E-state index is 11.6. The number of rotatable bonds is 10. The average Bonchev–Trinajstić information content (AvgIpc) is 2.45. The molecule has 0 aromatic heterocycles. The van der Waals surface area contributed by atoms with Crippen molar-refractivity contribution in [3.63, 3.8) is 0 Å². The lowest BCUT2D eigenvalue weighted by Gasteiger charge is -2.13. The molecule has 1 aliphatic carbocycles. The zero-order valence-electron chi connectivity index (χ0n) is 13.0. The average molecular weight is 297 g/mol. The number of carbonyl (C=O) groups excluding carboxylic acids is 1. The largest absolute Gasteiger partial charge is 0.379 e. The Morgan fingerprint density at radius 2 is 2.05 bits per heavy atom. The Balaban J connectivity index is 2.00. The molecule has 5 heteroatoms. The van der Waals surface area contributed by atoms with Crippen LogP contribution in [0.25, 0.3) is 0 Å². The van der Waals surface area contributed by atoms with E-state index in [4.69, 9.17) is 14.2 Å². The lowest BCUT2D eigenvalue weighted by atomic mass is 10.1. The van der Waals surface area contributed by atoms with Crippen LogP contribution in [0, 0.1) is 11.8 Å². The van der Waals surface area contributed by atoms with Gasteiger partial charge in [-0.25, -0.2) is 0 Å². The lowest BCUT2D eigenvalue weighted by molar-refractivity contribution is -0.127. The first kappa shape index (κ1) is 18.0. The van der Waals surface area contributed by atoms with Gasteiger partial charge in [0.05, 0.1) is 19.8 Å². The Morgan fingerprint density at radius 3 is 2.90 bits per heavy atom. The smallest absolute Gasteiger partial charge is 0.246 e. The second kappa shape index (κ2) is 12.6. The molecule has 0 bridgehead atoms. The van der Waals surface area contributed by atoms with Gasteiger partial charge in [-0.1, -0.05) is 12.3 Å². The van der Waals surface area contributed by atoms with Crippen molar-refractivity contribution in [2.45, 2.75) is 45.1 Å². The van der Waals surface area contributed by atoms with Crippen LogP contribution in [-0.2, 0) is 19.0 Å². The van der Waals surface area contributed by atoms with E-state index >= 15 is 0 Å². The van der Waals surface area contributed by atoms with Crippen molar-refractivity contribution in [2.24, 2.45) is 0 Å². The minimum atomic E-state index is -0.118. The van der Waals surface area contributed by atoms with E-state index in [0.29, 0.717) is 33.0 Å². The van der Waals surface area contributed by atoms with Crippen LogP contribution in [0.3, 0.4) is 0 Å². The zero-order chi connectivity index (χ0) is 15.2. The summed E-state index contributed by atoms with van der Waals surface area (Å²) in [4.78, 5) is 11.6. The Bertz CT molecular complexity index is 335. The van der Waals surface area contributed by atoms with Crippen LogP contribution in [0.2, 0.25) is 0 Å². The molecule has 120 valence electrons. The molecule has 0 heterocycles. The molecule has 0 saturated carbocycles. The van der Waals surface area contributed by atoms with Crippen LogP contribution < -0.4 is 5.32 Å². The summed E-state index contributed by atoms with van der Waals surface area (Å²) in [5.74, 6) is 6.06. The van der Waals surface area contributed by atoms with Crippen molar-refractivity contribution in [3.8, 4) is 11.8 Å². The first-order chi connectivity index (χ1) is 10.3. The topological polar surface area (TPSA) is 56.8 Å². The van der Waals surface area contributed by atoms with Gasteiger partial charge in [-0.2, -0.15) is 0 Å². The van der Waals surface area contributed by atoms with Gasteiger partial charge in [0.25, 0.3) is 0 Å². The number of hydrogen-bond acceptors (Lipinski definition) is 4. The molecule has 1 amide bonds. The van der Waals surface area contributed by atoms with Crippen LogP contribution in [0.4, 0.5) is 0 Å². The molecule has 0 radical (unpaired) electrons. The molecule has 21 heavy (non-hydrogen) atoms. The van der Waals surface area contributed by atoms with Gasteiger partial charge in [-0.3, -0.25) is 4.79 Å². The van der Waals surface area contributed by atoms with Gasteiger partial charge >= 0.3 is 0 Å². The van der Waals surface area contributed by atoms with Gasteiger partial charge in [0.2, 0.25) is 5.91 Å². The summed E-state index contributed by atoms with van der Waals surface area (Å²) in [6, 6.07) is 0. The molecule has 5 nitrogen and oxygen atoms in total. The van der Waals surface area contributed by atoms with Crippen LogP contribution in [0.15, 0.2) is 0 Å². The molecule has 1 rings (SSSR count). The second-order valence-corrected chi connectivity index (χ2v) is 4.88. The number of amides is 1. The molecule has 1 atom stereocenters. The maximum atomic E-state index is 11.6. The summed E-state index contributed by atoms with van der Waals surface area (Å²) in [7, 11) is 0. The SMILES string of the molecule is CCOCCOCCNC(=O)COC1C#CCCCCC1. The molecule has 0 aromatic rings. The Hall–Kier alpha value is -1.09. The monoisotopic (exact) mass is 297 g/mol. The standard InChI is InChI=1S/C16H27NO4/c1-2-19-12-13-20-11-10-17-16(18)14-21-15-8-6-4-3-5-7-9-15/h15H,2-6,8,10-14H2,1H3,(H,17,18). The highest BCUT2D eigenvalue weighted by molar-refractivity contribution is 5.77. The van der Waals surface area contributed by atoms with Gasteiger partial charge in [0.1, 0.15) is 12.7 Å². The van der Waals surface area contributed by atoms with Crippen LogP contribution in [-0.4, -0.2) is 51.6 Å². The molecule has 1 N–H and O–H groups in total. The highest BCUT2D eigenvalue weighted by atomic mass is 16.5.